The number of aromatic carboxylic acids is 1. The summed E-state index contributed by atoms with van der Waals surface area (Å²) in [6, 6.07) is 7.11. The van der Waals surface area contributed by atoms with Gasteiger partial charge in [0.1, 0.15) is 6.04 Å². The lowest BCUT2D eigenvalue weighted by atomic mass is 10.0. The van der Waals surface area contributed by atoms with Crippen molar-refractivity contribution in [1.82, 2.24) is 14.7 Å². The van der Waals surface area contributed by atoms with Crippen molar-refractivity contribution in [3.8, 4) is 6.07 Å². The number of rotatable bonds is 6. The van der Waals surface area contributed by atoms with E-state index in [1.165, 1.54) is 6.07 Å². The van der Waals surface area contributed by atoms with Crippen molar-refractivity contribution < 1.29 is 19.5 Å². The van der Waals surface area contributed by atoms with Crippen molar-refractivity contribution in [3.05, 3.63) is 35.4 Å². The molecule has 9 nitrogen and oxygen atoms in total. The number of carboxylic acid groups (broad SMARTS) is 1. The smallest absolute Gasteiger partial charge is 0.335 e. The van der Waals surface area contributed by atoms with Gasteiger partial charge in [-0.2, -0.15) is 5.26 Å². The average molecular weight is 425 g/mol. The third-order valence-corrected chi connectivity index (χ3v) is 6.78. The molecule has 3 N–H and O–H groups in total. The summed E-state index contributed by atoms with van der Waals surface area (Å²) in [4.78, 5) is 42.5. The first-order valence-corrected chi connectivity index (χ1v) is 10.7. The predicted molar refractivity (Wildman–Crippen MR) is 111 cm³/mol. The van der Waals surface area contributed by atoms with E-state index in [2.05, 4.69) is 6.07 Å². The summed E-state index contributed by atoms with van der Waals surface area (Å²) < 4.78 is 0. The molecule has 31 heavy (non-hydrogen) atoms. The first-order chi connectivity index (χ1) is 14.8. The zero-order valence-corrected chi connectivity index (χ0v) is 17.5. The van der Waals surface area contributed by atoms with Crippen LogP contribution in [-0.4, -0.2) is 81.4 Å². The second kappa shape index (κ2) is 8.29. The van der Waals surface area contributed by atoms with Crippen LogP contribution >= 0.6 is 0 Å². The topological polar surface area (TPSA) is 131 Å². The largest absolute Gasteiger partial charge is 0.478 e. The third kappa shape index (κ3) is 3.77. The Morgan fingerprint density at radius 3 is 2.84 bits per heavy atom. The maximum absolute atomic E-state index is 13.1. The quantitative estimate of drug-likeness (QED) is 0.681. The molecule has 1 aromatic rings. The number of fused-ring (bicyclic) bond motifs is 2. The van der Waals surface area contributed by atoms with Gasteiger partial charge in [0.15, 0.2) is 0 Å². The van der Waals surface area contributed by atoms with Crippen LogP contribution < -0.4 is 5.73 Å². The highest BCUT2D eigenvalue weighted by Crippen LogP contribution is 2.38. The molecule has 164 valence electrons. The van der Waals surface area contributed by atoms with E-state index in [0.717, 1.165) is 12.0 Å². The van der Waals surface area contributed by atoms with Crippen molar-refractivity contribution in [2.24, 2.45) is 5.73 Å². The van der Waals surface area contributed by atoms with E-state index in [9.17, 15) is 24.8 Å². The fraction of sp³-hybridized carbons (Fsp3) is 0.545. The van der Waals surface area contributed by atoms with Crippen LogP contribution in [0, 0.1) is 11.3 Å². The maximum atomic E-state index is 13.1. The Hall–Kier alpha value is -2.96. The number of hydrogen-bond acceptors (Lipinski definition) is 6. The maximum Gasteiger partial charge on any atom is 0.335 e. The standard InChI is InChI=1S/C22H27N5O4/c1-13(14-4-2-5-15(8-14)22(30)31)27-17-9-19(21(27)29)25(11-17)12-18(24)20(28)26-7-3-6-16(26)10-23/h2,4-5,8,13,16-19H,3,6-7,9,11-12,24H2,1H3,(H,30,31)/t13?,16?,17-,18?,19?/m0/s1. The van der Waals surface area contributed by atoms with E-state index in [1.807, 2.05) is 22.8 Å². The molecular formula is C22H27N5O4. The monoisotopic (exact) mass is 425 g/mol. The van der Waals surface area contributed by atoms with Gasteiger partial charge in [0, 0.05) is 25.7 Å². The molecule has 1 aromatic carbocycles. The average Bonchev–Trinajstić information content (AvgIpc) is 3.47. The van der Waals surface area contributed by atoms with E-state index in [4.69, 9.17) is 5.73 Å². The first-order valence-electron chi connectivity index (χ1n) is 10.7. The molecule has 3 fully saturated rings. The lowest BCUT2D eigenvalue weighted by Crippen LogP contribution is -2.56. The molecule has 3 aliphatic heterocycles. The van der Waals surface area contributed by atoms with E-state index >= 15 is 0 Å². The number of carbonyl (C=O) groups excluding carboxylic acids is 2. The Kier molecular flexibility index (Phi) is 5.69. The van der Waals surface area contributed by atoms with Gasteiger partial charge in [0.25, 0.3) is 0 Å². The number of hydrogen-bond donors (Lipinski definition) is 2. The van der Waals surface area contributed by atoms with Gasteiger partial charge >= 0.3 is 5.97 Å². The second-order valence-electron chi connectivity index (χ2n) is 8.64. The highest BCUT2D eigenvalue weighted by atomic mass is 16.4. The molecule has 3 heterocycles. The number of piperazine rings is 1. The van der Waals surface area contributed by atoms with E-state index in [1.54, 1.807) is 17.0 Å². The Labute approximate surface area is 181 Å². The van der Waals surface area contributed by atoms with Gasteiger partial charge in [0.2, 0.25) is 11.8 Å². The normalized spacial score (nSPS) is 27.4. The fourth-order valence-electron chi connectivity index (χ4n) is 5.20. The lowest BCUT2D eigenvalue weighted by Gasteiger charge is -2.38. The van der Waals surface area contributed by atoms with Gasteiger partial charge < -0.3 is 20.6 Å². The number of benzene rings is 1. The summed E-state index contributed by atoms with van der Waals surface area (Å²) in [5.74, 6) is -1.24. The lowest BCUT2D eigenvalue weighted by molar-refractivity contribution is -0.140. The molecular weight excluding hydrogens is 398 g/mol. The molecule has 4 unspecified atom stereocenters. The van der Waals surface area contributed by atoms with Crippen LogP contribution in [0.3, 0.4) is 0 Å². The molecule has 3 aliphatic rings. The fourth-order valence-corrected chi connectivity index (χ4v) is 5.20. The van der Waals surface area contributed by atoms with Gasteiger partial charge in [-0.05, 0) is 43.9 Å². The van der Waals surface area contributed by atoms with Crippen molar-refractivity contribution in [2.45, 2.75) is 56.4 Å². The van der Waals surface area contributed by atoms with Crippen molar-refractivity contribution >= 4 is 17.8 Å². The minimum atomic E-state index is -0.996. The Balaban J connectivity index is 1.41. The van der Waals surface area contributed by atoms with E-state index in [0.29, 0.717) is 25.9 Å². The SMILES string of the molecule is CC(c1cccc(C(=O)O)c1)N1C(=O)C2C[C@H]1CN2CC(N)C(=O)N1CCCC1C#N. The number of likely N-dealkylation sites (tertiary alicyclic amines) is 3. The number of nitrogens with two attached hydrogens (primary N) is 1. The molecule has 0 radical (unpaired) electrons. The predicted octanol–water partition coefficient (Wildman–Crippen LogP) is 0.573. The zero-order valence-electron chi connectivity index (χ0n) is 17.5. The number of nitrogens with zero attached hydrogens (tertiary/aromatic N) is 4. The first kappa shape index (κ1) is 21.3. The molecule has 0 aromatic heterocycles. The summed E-state index contributed by atoms with van der Waals surface area (Å²) >= 11 is 0. The number of carbonyl (C=O) groups is 3. The highest BCUT2D eigenvalue weighted by molar-refractivity contribution is 5.88. The van der Waals surface area contributed by atoms with Gasteiger partial charge in [0.05, 0.1) is 29.8 Å². The van der Waals surface area contributed by atoms with Crippen LogP contribution in [0.1, 0.15) is 48.1 Å². The van der Waals surface area contributed by atoms with Crippen LogP contribution in [0.15, 0.2) is 24.3 Å². The molecule has 0 saturated carbocycles. The van der Waals surface area contributed by atoms with Crippen LogP contribution in [0.5, 0.6) is 0 Å². The van der Waals surface area contributed by atoms with Gasteiger partial charge in [-0.1, -0.05) is 12.1 Å². The van der Waals surface area contributed by atoms with E-state index < -0.39 is 18.1 Å². The van der Waals surface area contributed by atoms with Crippen LogP contribution in [-0.2, 0) is 9.59 Å². The van der Waals surface area contributed by atoms with Crippen LogP contribution in [0.4, 0.5) is 0 Å². The summed E-state index contributed by atoms with van der Waals surface area (Å²) in [7, 11) is 0. The summed E-state index contributed by atoms with van der Waals surface area (Å²) in [5.41, 5.74) is 7.17. The summed E-state index contributed by atoms with van der Waals surface area (Å²) in [6.45, 7) is 3.38. The van der Waals surface area contributed by atoms with Crippen LogP contribution in [0.2, 0.25) is 0 Å². The van der Waals surface area contributed by atoms with Gasteiger partial charge in [-0.3, -0.25) is 14.5 Å². The van der Waals surface area contributed by atoms with Crippen LogP contribution in [0.25, 0.3) is 0 Å². The van der Waals surface area contributed by atoms with Gasteiger partial charge in [-0.15, -0.1) is 0 Å². The number of nitriles is 1. The molecule has 4 rings (SSSR count). The molecule has 0 aliphatic carbocycles. The number of amides is 2. The molecule has 0 spiro atoms. The molecule has 2 amide bonds. The second-order valence-corrected chi connectivity index (χ2v) is 8.64. The van der Waals surface area contributed by atoms with Crippen molar-refractivity contribution in [2.75, 3.05) is 19.6 Å². The molecule has 3 saturated heterocycles. The Morgan fingerprint density at radius 1 is 1.39 bits per heavy atom. The van der Waals surface area contributed by atoms with Crippen molar-refractivity contribution in [3.63, 3.8) is 0 Å². The van der Waals surface area contributed by atoms with Gasteiger partial charge in [-0.25, -0.2) is 4.79 Å². The minimum Gasteiger partial charge on any atom is -0.478 e. The Morgan fingerprint density at radius 2 is 2.16 bits per heavy atom. The zero-order chi connectivity index (χ0) is 22.3. The summed E-state index contributed by atoms with van der Waals surface area (Å²) in [5, 5.41) is 18.5. The molecule has 5 atom stereocenters. The molecule has 2 bridgehead atoms. The van der Waals surface area contributed by atoms with Crippen molar-refractivity contribution in [1.29, 1.82) is 5.26 Å². The summed E-state index contributed by atoms with van der Waals surface area (Å²) in [6.07, 6.45) is 2.16. The minimum absolute atomic E-state index is 0.00179. The molecule has 9 heteroatoms. The Bertz CT molecular complexity index is 944. The number of carboxylic acids is 1. The van der Waals surface area contributed by atoms with E-state index in [-0.39, 0.29) is 42.0 Å². The highest BCUT2D eigenvalue weighted by Gasteiger charge is 2.51. The third-order valence-electron chi connectivity index (χ3n) is 6.78.